The van der Waals surface area contributed by atoms with E-state index < -0.39 is 0 Å². The number of carbonyl (C=O) groups excluding carboxylic acids is 1. The van der Waals surface area contributed by atoms with E-state index >= 15 is 0 Å². The van der Waals surface area contributed by atoms with Crippen molar-refractivity contribution in [2.75, 3.05) is 19.6 Å². The quantitative estimate of drug-likeness (QED) is 0.733. The van der Waals surface area contributed by atoms with E-state index in [1.54, 1.807) is 18.2 Å². The highest BCUT2D eigenvalue weighted by Gasteiger charge is 2.29. The van der Waals surface area contributed by atoms with Crippen LogP contribution in [0.1, 0.15) is 44.0 Å². The molecule has 1 aromatic rings. The molecule has 0 saturated carbocycles. The lowest BCUT2D eigenvalue weighted by molar-refractivity contribution is 0.0822. The SMILES string of the molecule is CC(C)(C)C1CCN(CC(=O)c2ccc(Cl)c(Cl)c2)CC1. The lowest BCUT2D eigenvalue weighted by atomic mass is 9.75. The monoisotopic (exact) mass is 327 g/mol. The van der Waals surface area contributed by atoms with Crippen LogP contribution in [-0.2, 0) is 0 Å². The number of benzene rings is 1. The van der Waals surface area contributed by atoms with Gasteiger partial charge in [0.25, 0.3) is 0 Å². The zero-order valence-corrected chi connectivity index (χ0v) is 14.5. The number of hydrogen-bond acceptors (Lipinski definition) is 2. The fourth-order valence-corrected chi connectivity index (χ4v) is 3.22. The normalized spacial score (nSPS) is 18.0. The van der Waals surface area contributed by atoms with E-state index in [4.69, 9.17) is 23.2 Å². The number of carbonyl (C=O) groups is 1. The van der Waals surface area contributed by atoms with Crippen LogP contribution in [0.5, 0.6) is 0 Å². The molecule has 0 aromatic heterocycles. The number of nitrogens with zero attached hydrogens (tertiary/aromatic N) is 1. The summed E-state index contributed by atoms with van der Waals surface area (Å²) in [6.45, 7) is 9.36. The molecule has 4 heteroatoms. The van der Waals surface area contributed by atoms with Gasteiger partial charge in [0, 0.05) is 5.56 Å². The van der Waals surface area contributed by atoms with Crippen molar-refractivity contribution in [2.24, 2.45) is 11.3 Å². The van der Waals surface area contributed by atoms with E-state index in [-0.39, 0.29) is 5.78 Å². The third-order valence-corrected chi connectivity index (χ3v) is 5.16. The first kappa shape index (κ1) is 16.8. The third-order valence-electron chi connectivity index (χ3n) is 4.42. The third kappa shape index (κ3) is 4.45. The van der Waals surface area contributed by atoms with Crippen molar-refractivity contribution < 1.29 is 4.79 Å². The maximum atomic E-state index is 12.3. The topological polar surface area (TPSA) is 20.3 Å². The van der Waals surface area contributed by atoms with Crippen LogP contribution >= 0.6 is 23.2 Å². The molecule has 1 fully saturated rings. The predicted molar refractivity (Wildman–Crippen MR) is 89.4 cm³/mol. The van der Waals surface area contributed by atoms with Crippen LogP contribution in [0.4, 0.5) is 0 Å². The Kier molecular flexibility index (Phi) is 5.34. The predicted octanol–water partition coefficient (Wildman–Crippen LogP) is 4.93. The van der Waals surface area contributed by atoms with Gasteiger partial charge in [0.05, 0.1) is 16.6 Å². The first-order valence-corrected chi connectivity index (χ1v) is 8.23. The molecule has 1 aliphatic rings. The second-order valence-electron chi connectivity index (χ2n) is 6.97. The molecular formula is C17H23Cl2NO. The maximum absolute atomic E-state index is 12.3. The van der Waals surface area contributed by atoms with Crippen molar-refractivity contribution in [2.45, 2.75) is 33.6 Å². The van der Waals surface area contributed by atoms with Crippen molar-refractivity contribution in [3.05, 3.63) is 33.8 Å². The number of rotatable bonds is 3. The Morgan fingerprint density at radius 3 is 2.33 bits per heavy atom. The number of hydrogen-bond donors (Lipinski definition) is 0. The Labute approximate surface area is 137 Å². The average Bonchev–Trinajstić information content (AvgIpc) is 2.41. The standard InChI is InChI=1S/C17H23Cl2NO/c1-17(2,3)13-6-8-20(9-7-13)11-16(21)12-4-5-14(18)15(19)10-12/h4-5,10,13H,6-9,11H2,1-3H3. The molecular weight excluding hydrogens is 305 g/mol. The zero-order chi connectivity index (χ0) is 15.6. The van der Waals surface area contributed by atoms with Crippen LogP contribution in [0.25, 0.3) is 0 Å². The van der Waals surface area contributed by atoms with Gasteiger partial charge in [0.2, 0.25) is 0 Å². The number of piperidine rings is 1. The van der Waals surface area contributed by atoms with Gasteiger partial charge in [-0.3, -0.25) is 9.69 Å². The van der Waals surface area contributed by atoms with E-state index in [1.807, 2.05) is 0 Å². The molecule has 2 nitrogen and oxygen atoms in total. The van der Waals surface area contributed by atoms with Gasteiger partial charge in [-0.2, -0.15) is 0 Å². The molecule has 1 aliphatic heterocycles. The minimum Gasteiger partial charge on any atom is -0.296 e. The van der Waals surface area contributed by atoms with Crippen LogP contribution in [0, 0.1) is 11.3 Å². The molecule has 1 heterocycles. The summed E-state index contributed by atoms with van der Waals surface area (Å²) in [6.07, 6.45) is 2.33. The van der Waals surface area contributed by atoms with Crippen molar-refractivity contribution in [3.8, 4) is 0 Å². The summed E-state index contributed by atoms with van der Waals surface area (Å²) in [4.78, 5) is 14.6. The zero-order valence-electron chi connectivity index (χ0n) is 13.0. The molecule has 0 amide bonds. The van der Waals surface area contributed by atoms with Crippen LogP contribution in [0.3, 0.4) is 0 Å². The van der Waals surface area contributed by atoms with Crippen molar-refractivity contribution in [1.29, 1.82) is 0 Å². The summed E-state index contributed by atoms with van der Waals surface area (Å²) in [7, 11) is 0. The molecule has 0 radical (unpaired) electrons. The van der Waals surface area contributed by atoms with Gasteiger partial charge in [-0.05, 0) is 55.5 Å². The fraction of sp³-hybridized carbons (Fsp3) is 0.588. The van der Waals surface area contributed by atoms with Crippen LogP contribution in [0.15, 0.2) is 18.2 Å². The Bertz CT molecular complexity index is 514. The van der Waals surface area contributed by atoms with Gasteiger partial charge in [-0.15, -0.1) is 0 Å². The molecule has 1 aromatic carbocycles. The summed E-state index contributed by atoms with van der Waals surface area (Å²) in [6, 6.07) is 5.09. The smallest absolute Gasteiger partial charge is 0.176 e. The number of ketones is 1. The molecule has 0 aliphatic carbocycles. The second-order valence-corrected chi connectivity index (χ2v) is 7.78. The highest BCUT2D eigenvalue weighted by molar-refractivity contribution is 6.42. The molecule has 2 rings (SSSR count). The molecule has 1 saturated heterocycles. The Balaban J connectivity index is 1.91. The van der Waals surface area contributed by atoms with Gasteiger partial charge in [-0.25, -0.2) is 0 Å². The lowest BCUT2D eigenvalue weighted by Crippen LogP contribution is -2.40. The molecule has 0 bridgehead atoms. The first-order chi connectivity index (χ1) is 9.77. The minimum atomic E-state index is 0.114. The number of likely N-dealkylation sites (tertiary alicyclic amines) is 1. The molecule has 0 N–H and O–H groups in total. The summed E-state index contributed by atoms with van der Waals surface area (Å²) in [5, 5.41) is 0.924. The fourth-order valence-electron chi connectivity index (χ4n) is 2.92. The lowest BCUT2D eigenvalue weighted by Gasteiger charge is -2.38. The molecule has 116 valence electrons. The highest BCUT2D eigenvalue weighted by Crippen LogP contribution is 2.34. The van der Waals surface area contributed by atoms with Crippen LogP contribution in [-0.4, -0.2) is 30.3 Å². The van der Waals surface area contributed by atoms with Gasteiger partial charge in [0.15, 0.2) is 5.78 Å². The summed E-state index contributed by atoms with van der Waals surface area (Å²) < 4.78 is 0. The van der Waals surface area contributed by atoms with E-state index in [2.05, 4.69) is 25.7 Å². The summed E-state index contributed by atoms with van der Waals surface area (Å²) >= 11 is 11.9. The molecule has 0 spiro atoms. The van der Waals surface area contributed by atoms with Gasteiger partial charge in [0.1, 0.15) is 0 Å². The molecule has 21 heavy (non-hydrogen) atoms. The van der Waals surface area contributed by atoms with Crippen molar-refractivity contribution >= 4 is 29.0 Å². The van der Waals surface area contributed by atoms with Crippen molar-refractivity contribution in [3.63, 3.8) is 0 Å². The van der Waals surface area contributed by atoms with E-state index in [1.165, 1.54) is 0 Å². The summed E-state index contributed by atoms with van der Waals surface area (Å²) in [5.74, 6) is 0.858. The van der Waals surface area contributed by atoms with Gasteiger partial charge >= 0.3 is 0 Å². The second kappa shape index (κ2) is 6.68. The van der Waals surface area contributed by atoms with Crippen molar-refractivity contribution in [1.82, 2.24) is 4.90 Å². The highest BCUT2D eigenvalue weighted by atomic mass is 35.5. The minimum absolute atomic E-state index is 0.114. The largest absolute Gasteiger partial charge is 0.296 e. The van der Waals surface area contributed by atoms with Gasteiger partial charge in [-0.1, -0.05) is 44.0 Å². The maximum Gasteiger partial charge on any atom is 0.176 e. The first-order valence-electron chi connectivity index (χ1n) is 7.48. The number of halogens is 2. The van der Waals surface area contributed by atoms with E-state index in [0.717, 1.165) is 31.8 Å². The number of Topliss-reactive ketones (excluding diaryl/α,β-unsaturated/α-hetero) is 1. The van der Waals surface area contributed by atoms with Crippen LogP contribution in [0.2, 0.25) is 10.0 Å². The Hall–Kier alpha value is -0.570. The van der Waals surface area contributed by atoms with E-state index in [9.17, 15) is 4.79 Å². The van der Waals surface area contributed by atoms with Gasteiger partial charge < -0.3 is 0 Å². The summed E-state index contributed by atoms with van der Waals surface area (Å²) in [5.41, 5.74) is 1.00. The molecule has 0 unspecified atom stereocenters. The average molecular weight is 328 g/mol. The Morgan fingerprint density at radius 1 is 1.19 bits per heavy atom. The Morgan fingerprint density at radius 2 is 1.81 bits per heavy atom. The van der Waals surface area contributed by atoms with E-state index in [0.29, 0.717) is 27.6 Å². The van der Waals surface area contributed by atoms with Crippen LogP contribution < -0.4 is 0 Å². The molecule has 0 atom stereocenters.